The minimum Gasteiger partial charge on any atom is -0.493 e. The summed E-state index contributed by atoms with van der Waals surface area (Å²) >= 11 is 6.81. The first-order valence-electron chi connectivity index (χ1n) is 22.7. The van der Waals surface area contributed by atoms with E-state index in [4.69, 9.17) is 19.4 Å². The van der Waals surface area contributed by atoms with Gasteiger partial charge in [0.15, 0.2) is 17.3 Å². The number of benzene rings is 4. The first-order valence-corrected chi connectivity index (χ1v) is 24.3. The van der Waals surface area contributed by atoms with Crippen molar-refractivity contribution in [3.8, 4) is 17.6 Å². The number of nitrogens with two attached hydrogens (primary N) is 1. The molecule has 0 saturated carbocycles. The van der Waals surface area contributed by atoms with Gasteiger partial charge in [0.25, 0.3) is 5.97 Å². The first kappa shape index (κ1) is 64.6. The normalized spacial score (nSPS) is 11.1. The summed E-state index contributed by atoms with van der Waals surface area (Å²) in [6, 6.07) is 27.2. The lowest BCUT2D eigenvalue weighted by Crippen LogP contribution is -2.32. The number of carboxylic acids is 1. The number of nitrogens with zero attached hydrogens (tertiary/aromatic N) is 6. The van der Waals surface area contributed by atoms with E-state index in [2.05, 4.69) is 148 Å². The number of aryl methyl sites for hydroxylation is 4. The van der Waals surface area contributed by atoms with Crippen molar-refractivity contribution in [3.05, 3.63) is 122 Å². The van der Waals surface area contributed by atoms with E-state index in [0.717, 1.165) is 100 Å². The number of aromatic nitrogens is 4. The van der Waals surface area contributed by atoms with E-state index in [0.29, 0.717) is 6.42 Å². The lowest BCUT2D eigenvalue weighted by molar-refractivity contribution is -0.134. The van der Waals surface area contributed by atoms with Gasteiger partial charge in [-0.05, 0) is 130 Å². The maximum atomic E-state index is 11.4. The fourth-order valence-electron chi connectivity index (χ4n) is 7.70. The number of halogens is 2. The fourth-order valence-corrected chi connectivity index (χ4v) is 8.42. The molecule has 0 saturated heterocycles. The number of ether oxygens (including phenoxy) is 2. The van der Waals surface area contributed by atoms with Gasteiger partial charge in [0.05, 0.1) is 48.1 Å². The molecule has 4 aromatic carbocycles. The molecule has 6 aromatic rings. The van der Waals surface area contributed by atoms with Crippen LogP contribution in [0.25, 0.3) is 27.9 Å². The summed E-state index contributed by atoms with van der Waals surface area (Å²) in [5.41, 5.74) is 10.3. The molecule has 14 nitrogen and oxygen atoms in total. The Labute approximate surface area is 434 Å². The SMILES string of the molecule is C.C=Cc1cc(Br)ccc1C(=O)CC.CC(=O)O.CCc1nn(C)c2cc(Br)ccc12.CCc1nn(C)c2cc(C(C#N)(CCCN(C)CCc3ccc(OC)c(OC)c3)C(C)C)ccc12.CNN.N. The Morgan fingerprint density at radius 1 is 0.900 bits per heavy atom. The van der Waals surface area contributed by atoms with Crippen molar-refractivity contribution >= 4 is 71.5 Å². The number of ketones is 1. The van der Waals surface area contributed by atoms with Crippen LogP contribution in [-0.2, 0) is 43.6 Å². The van der Waals surface area contributed by atoms with Gasteiger partial charge in [-0.2, -0.15) is 15.5 Å². The van der Waals surface area contributed by atoms with Crippen LogP contribution in [0.3, 0.4) is 0 Å². The summed E-state index contributed by atoms with van der Waals surface area (Å²) in [5, 5.41) is 29.4. The van der Waals surface area contributed by atoms with Gasteiger partial charge < -0.3 is 25.6 Å². The molecule has 0 aliphatic heterocycles. The molecule has 2 aromatic heterocycles. The number of likely N-dealkylation sites (N-methyl/N-ethyl adjacent to an activating group) is 1. The van der Waals surface area contributed by atoms with Crippen molar-refractivity contribution in [1.82, 2.24) is 36.0 Å². The number of methoxy groups -OCH3 is 2. The molecule has 0 bridgehead atoms. The average molecular weight is 1090 g/mol. The number of hydrazine groups is 1. The molecule has 0 aliphatic carbocycles. The third-order valence-corrected chi connectivity index (χ3v) is 12.4. The summed E-state index contributed by atoms with van der Waals surface area (Å²) in [5.74, 6) is 5.64. The summed E-state index contributed by atoms with van der Waals surface area (Å²) in [6.45, 7) is 17.1. The van der Waals surface area contributed by atoms with E-state index >= 15 is 0 Å². The maximum absolute atomic E-state index is 11.4. The van der Waals surface area contributed by atoms with Gasteiger partial charge >= 0.3 is 0 Å². The highest BCUT2D eigenvalue weighted by Gasteiger charge is 2.36. The Kier molecular flexibility index (Phi) is 30.0. The smallest absolute Gasteiger partial charge is 0.300 e. The molecule has 384 valence electrons. The Bertz CT molecular complexity index is 2600. The Morgan fingerprint density at radius 3 is 1.90 bits per heavy atom. The number of hydrogen-bond donors (Lipinski definition) is 4. The number of carbonyl (C=O) groups excluding carboxylic acids is 1. The fraction of sp³-hybridized carbons (Fsp3) is 0.426. The molecule has 0 radical (unpaired) electrons. The zero-order chi connectivity index (χ0) is 51.1. The van der Waals surface area contributed by atoms with Crippen LogP contribution in [0, 0.1) is 17.2 Å². The molecule has 6 rings (SSSR count). The topological polar surface area (TPSA) is 209 Å². The average Bonchev–Trinajstić information content (AvgIpc) is 3.83. The number of nitriles is 1. The van der Waals surface area contributed by atoms with Crippen molar-refractivity contribution in [2.75, 3.05) is 41.4 Å². The molecule has 70 heavy (non-hydrogen) atoms. The second-order valence-electron chi connectivity index (χ2n) is 16.3. The van der Waals surface area contributed by atoms with Crippen LogP contribution >= 0.6 is 31.9 Å². The molecule has 0 amide bonds. The van der Waals surface area contributed by atoms with Crippen LogP contribution < -0.4 is 26.9 Å². The van der Waals surface area contributed by atoms with Crippen molar-refractivity contribution in [1.29, 1.82) is 5.26 Å². The van der Waals surface area contributed by atoms with Gasteiger partial charge in [0, 0.05) is 59.3 Å². The quantitative estimate of drug-likeness (QED) is 0.0405. The van der Waals surface area contributed by atoms with E-state index in [-0.39, 0.29) is 25.3 Å². The van der Waals surface area contributed by atoms with Crippen molar-refractivity contribution in [2.45, 2.75) is 92.9 Å². The predicted octanol–water partition coefficient (Wildman–Crippen LogP) is 12.1. The van der Waals surface area contributed by atoms with Crippen LogP contribution in [0.5, 0.6) is 11.5 Å². The summed E-state index contributed by atoms with van der Waals surface area (Å²) in [7, 11) is 11.1. The van der Waals surface area contributed by atoms with Crippen molar-refractivity contribution in [2.24, 2.45) is 25.9 Å². The molecular weight excluding hydrogens is 1010 g/mol. The molecule has 7 N–H and O–H groups in total. The van der Waals surface area contributed by atoms with Crippen LogP contribution in [-0.4, -0.2) is 82.7 Å². The van der Waals surface area contributed by atoms with E-state index in [9.17, 15) is 10.1 Å². The van der Waals surface area contributed by atoms with E-state index in [1.54, 1.807) is 27.3 Å². The lowest BCUT2D eigenvalue weighted by Gasteiger charge is -2.32. The minimum absolute atomic E-state index is 0. The predicted molar refractivity (Wildman–Crippen MR) is 297 cm³/mol. The monoisotopic (exact) mass is 1090 g/mol. The number of carboxylic acid groups (broad SMARTS) is 1. The molecule has 0 fully saturated rings. The summed E-state index contributed by atoms with van der Waals surface area (Å²) in [4.78, 5) is 22.8. The standard InChI is InChI=1S/C29H40N4O2.C11H11BrO.C10H11BrN2.C2H4O2.CH6N2.CH4.H3N/c1-8-25-24-12-11-23(19-26(24)33(5)31-25)29(20-30,21(2)3)15-9-16-32(4)17-14-22-10-13-27(34-6)28(18-22)35-7;1-3-8-7-9(12)5-6-10(8)11(13)4-2;1-3-9-8-5-4-7(11)6-10(8)13(2)12-9;1-2(3)4;1-3-2;;/h10-13,18-19,21H,8-9,14-17H2,1-7H3;3,5-7H,1,4H2,2H3;4-6H,3H2,1-2H3;1H3,(H,3,4);3H,2H2,1H3;1H4;1H3. The molecule has 16 heteroatoms. The number of nitrogens with one attached hydrogen (secondary N) is 1. The lowest BCUT2D eigenvalue weighted by atomic mass is 9.69. The minimum atomic E-state index is -0.833. The zero-order valence-electron chi connectivity index (χ0n) is 42.8. The zero-order valence-corrected chi connectivity index (χ0v) is 45.9. The molecule has 0 aliphatic rings. The van der Waals surface area contributed by atoms with Crippen LogP contribution in [0.1, 0.15) is 107 Å². The van der Waals surface area contributed by atoms with Crippen LogP contribution in [0.2, 0.25) is 0 Å². The highest BCUT2D eigenvalue weighted by Crippen LogP contribution is 2.38. The van der Waals surface area contributed by atoms with Crippen LogP contribution in [0.15, 0.2) is 88.3 Å². The van der Waals surface area contributed by atoms with Gasteiger partial charge in [0.1, 0.15) is 0 Å². The van der Waals surface area contributed by atoms with Gasteiger partial charge in [-0.3, -0.25) is 30.2 Å². The Balaban J connectivity index is 0.00000111. The molecule has 0 spiro atoms. The van der Waals surface area contributed by atoms with E-state index < -0.39 is 11.4 Å². The third kappa shape index (κ3) is 18.4. The largest absolute Gasteiger partial charge is 0.493 e. The first-order chi connectivity index (χ1) is 32.3. The highest BCUT2D eigenvalue weighted by atomic mass is 79.9. The Hall–Kier alpha value is -5.41. The van der Waals surface area contributed by atoms with Gasteiger partial charge in [-0.15, -0.1) is 0 Å². The summed E-state index contributed by atoms with van der Waals surface area (Å²) in [6.07, 6.45) is 6.83. The number of Topliss-reactive ketones (excluding diaryl/α,β-unsaturated/α-hetero) is 1. The van der Waals surface area contributed by atoms with Gasteiger partial charge in [-0.25, -0.2) is 0 Å². The second-order valence-corrected chi connectivity index (χ2v) is 18.2. The van der Waals surface area contributed by atoms with Crippen molar-refractivity contribution < 1.29 is 24.2 Å². The van der Waals surface area contributed by atoms with Gasteiger partial charge in [-0.1, -0.05) is 105 Å². The highest BCUT2D eigenvalue weighted by molar-refractivity contribution is 9.10. The number of fused-ring (bicyclic) bond motifs is 2. The molecule has 2 heterocycles. The van der Waals surface area contributed by atoms with Gasteiger partial charge in [0.2, 0.25) is 0 Å². The van der Waals surface area contributed by atoms with E-state index in [1.807, 2.05) is 60.7 Å². The number of rotatable bonds is 16. The second kappa shape index (κ2) is 32.5. The number of carbonyl (C=O) groups is 2. The van der Waals surface area contributed by atoms with Crippen LogP contribution in [0.4, 0.5) is 0 Å². The molecule has 1 unspecified atom stereocenters. The molecule has 1 atom stereocenters. The third-order valence-electron chi connectivity index (χ3n) is 11.4. The van der Waals surface area contributed by atoms with Crippen molar-refractivity contribution in [3.63, 3.8) is 0 Å². The Morgan fingerprint density at radius 2 is 1.41 bits per heavy atom. The number of hydrogen-bond acceptors (Lipinski definition) is 11. The number of aliphatic carboxylic acids is 1. The summed E-state index contributed by atoms with van der Waals surface area (Å²) < 4.78 is 16.7. The molecular formula is C54H79Br2N9O5. The van der Waals surface area contributed by atoms with E-state index in [1.165, 1.54) is 27.5 Å². The maximum Gasteiger partial charge on any atom is 0.300 e.